The van der Waals surface area contributed by atoms with Gasteiger partial charge in [0.15, 0.2) is 0 Å². The Balaban J connectivity index is 1.24. The molecule has 174 valence electrons. The molecule has 0 bridgehead atoms. The quantitative estimate of drug-likeness (QED) is 0.528. The summed E-state index contributed by atoms with van der Waals surface area (Å²) in [4.78, 5) is 35.4. The third kappa shape index (κ3) is 4.73. The third-order valence-electron chi connectivity index (χ3n) is 6.65. The van der Waals surface area contributed by atoms with Crippen LogP contribution in [0.15, 0.2) is 41.1 Å². The SMILES string of the molecule is Cc1ccc2[nH]c(CNC(=O)N([C@@H]3CCCN(C(=O)Cc4ncco4)C3)[NH+]3CCC3)cc2c1. The average molecular weight is 452 g/mol. The maximum atomic E-state index is 13.3. The molecule has 2 aliphatic heterocycles. The van der Waals surface area contributed by atoms with Crippen molar-refractivity contribution in [2.45, 2.75) is 45.2 Å². The van der Waals surface area contributed by atoms with Crippen LogP contribution < -0.4 is 10.3 Å². The van der Waals surface area contributed by atoms with Crippen molar-refractivity contribution in [1.82, 2.24) is 25.2 Å². The molecule has 33 heavy (non-hydrogen) atoms. The number of hydrogen-bond acceptors (Lipinski definition) is 4. The molecular formula is C24H31N6O3+. The smallest absolute Gasteiger partial charge is 0.362 e. The lowest BCUT2D eigenvalue weighted by molar-refractivity contribution is -1.04. The number of nitrogens with zero attached hydrogens (tertiary/aromatic N) is 3. The van der Waals surface area contributed by atoms with Crippen molar-refractivity contribution >= 4 is 22.8 Å². The normalized spacial score (nSPS) is 18.8. The van der Waals surface area contributed by atoms with Crippen LogP contribution in [-0.4, -0.2) is 64.0 Å². The van der Waals surface area contributed by atoms with Gasteiger partial charge in [0.05, 0.1) is 19.2 Å². The molecular weight excluding hydrogens is 420 g/mol. The molecule has 3 amide bonds. The summed E-state index contributed by atoms with van der Waals surface area (Å²) in [6, 6.07) is 8.29. The van der Waals surface area contributed by atoms with Gasteiger partial charge in [0.1, 0.15) is 31.8 Å². The number of oxazole rings is 1. The van der Waals surface area contributed by atoms with E-state index in [1.54, 1.807) is 6.20 Å². The second-order valence-electron chi connectivity index (χ2n) is 9.07. The number of hydrogen-bond donors (Lipinski definition) is 3. The number of carbonyl (C=O) groups excluding carboxylic acids is 2. The largest absolute Gasteiger partial charge is 0.448 e. The van der Waals surface area contributed by atoms with E-state index in [2.05, 4.69) is 46.5 Å². The number of fused-ring (bicyclic) bond motifs is 1. The highest BCUT2D eigenvalue weighted by Gasteiger charge is 2.39. The molecule has 9 heteroatoms. The molecule has 1 atom stereocenters. The average Bonchev–Trinajstić information content (AvgIpc) is 3.43. The topological polar surface area (TPSA) is 98.9 Å². The molecule has 9 nitrogen and oxygen atoms in total. The number of likely N-dealkylation sites (tertiary alicyclic amines) is 1. The van der Waals surface area contributed by atoms with Gasteiger partial charge in [-0.2, -0.15) is 5.01 Å². The first-order chi connectivity index (χ1) is 16.1. The fourth-order valence-electron chi connectivity index (χ4n) is 4.78. The molecule has 2 fully saturated rings. The Kier molecular flexibility index (Phi) is 6.04. The second-order valence-corrected chi connectivity index (χ2v) is 9.07. The zero-order valence-corrected chi connectivity index (χ0v) is 19.0. The highest BCUT2D eigenvalue weighted by molar-refractivity contribution is 5.81. The Labute approximate surface area is 192 Å². The second kappa shape index (κ2) is 9.27. The Morgan fingerprint density at radius 3 is 2.94 bits per heavy atom. The standard InChI is InChI=1S/C24H30N6O3/c1-17-5-6-21-18(12-17)13-19(27-21)15-26-24(32)30(29-9-3-10-29)20-4-2-8-28(16-20)23(31)14-22-25-7-11-33-22/h5-7,11-13,20,27H,2-4,8-10,14-16H2,1H3,(H,26,32)/p+1/t20-/m1/s1. The minimum absolute atomic E-state index is 0.00510. The summed E-state index contributed by atoms with van der Waals surface area (Å²) in [7, 11) is 0. The highest BCUT2D eigenvalue weighted by atomic mass is 16.3. The van der Waals surface area contributed by atoms with Gasteiger partial charge in [-0.3, -0.25) is 4.79 Å². The number of H-pyrrole nitrogens is 1. The highest BCUT2D eigenvalue weighted by Crippen LogP contribution is 2.18. The first-order valence-electron chi connectivity index (χ1n) is 11.7. The predicted molar refractivity (Wildman–Crippen MR) is 122 cm³/mol. The van der Waals surface area contributed by atoms with Crippen molar-refractivity contribution in [3.8, 4) is 0 Å². The number of quaternary nitrogens is 1. The van der Waals surface area contributed by atoms with E-state index >= 15 is 0 Å². The van der Waals surface area contributed by atoms with Crippen molar-refractivity contribution in [2.75, 3.05) is 26.2 Å². The van der Waals surface area contributed by atoms with Gasteiger partial charge in [-0.25, -0.2) is 14.8 Å². The summed E-state index contributed by atoms with van der Waals surface area (Å²) >= 11 is 0. The molecule has 0 aliphatic carbocycles. The van der Waals surface area contributed by atoms with E-state index in [0.717, 1.165) is 48.9 Å². The van der Waals surface area contributed by atoms with Gasteiger partial charge < -0.3 is 19.6 Å². The van der Waals surface area contributed by atoms with Crippen molar-refractivity contribution in [1.29, 1.82) is 0 Å². The van der Waals surface area contributed by atoms with Gasteiger partial charge in [-0.15, -0.1) is 0 Å². The number of aryl methyl sites for hydroxylation is 1. The van der Waals surface area contributed by atoms with Gasteiger partial charge in [0.2, 0.25) is 11.8 Å². The number of aromatic amines is 1. The fourth-order valence-corrected chi connectivity index (χ4v) is 4.78. The summed E-state index contributed by atoms with van der Waals surface area (Å²) in [6.45, 7) is 5.65. The fraction of sp³-hybridized carbons (Fsp3) is 0.458. The van der Waals surface area contributed by atoms with E-state index in [1.165, 1.54) is 16.8 Å². The Hall–Kier alpha value is -3.33. The molecule has 3 N–H and O–H groups in total. The van der Waals surface area contributed by atoms with Crippen LogP contribution in [0, 0.1) is 6.92 Å². The van der Waals surface area contributed by atoms with Crippen LogP contribution in [0.1, 0.15) is 36.4 Å². The van der Waals surface area contributed by atoms with Crippen molar-refractivity contribution in [2.24, 2.45) is 0 Å². The number of nitrogens with one attached hydrogen (secondary N) is 3. The Morgan fingerprint density at radius 1 is 1.30 bits per heavy atom. The Morgan fingerprint density at radius 2 is 2.18 bits per heavy atom. The van der Waals surface area contributed by atoms with Gasteiger partial charge in [0, 0.05) is 24.3 Å². The van der Waals surface area contributed by atoms with Crippen LogP contribution in [0.4, 0.5) is 4.79 Å². The van der Waals surface area contributed by atoms with Gasteiger partial charge in [-0.05, 0) is 43.4 Å². The molecule has 2 saturated heterocycles. The number of amides is 3. The molecule has 0 saturated carbocycles. The lowest BCUT2D eigenvalue weighted by Gasteiger charge is -2.44. The number of rotatable bonds is 6. The molecule has 4 heterocycles. The molecule has 0 unspecified atom stereocenters. The molecule has 0 radical (unpaired) electrons. The first-order valence-corrected chi connectivity index (χ1v) is 11.7. The van der Waals surface area contributed by atoms with Crippen LogP contribution in [0.25, 0.3) is 10.9 Å². The zero-order chi connectivity index (χ0) is 22.8. The van der Waals surface area contributed by atoms with Crippen LogP contribution in [0.5, 0.6) is 0 Å². The van der Waals surface area contributed by atoms with E-state index in [0.29, 0.717) is 25.5 Å². The van der Waals surface area contributed by atoms with E-state index in [9.17, 15) is 9.59 Å². The summed E-state index contributed by atoms with van der Waals surface area (Å²) in [6.07, 6.45) is 6.07. The van der Waals surface area contributed by atoms with E-state index in [1.807, 2.05) is 9.91 Å². The van der Waals surface area contributed by atoms with E-state index in [4.69, 9.17) is 4.42 Å². The lowest BCUT2D eigenvalue weighted by Crippen LogP contribution is -3.25. The summed E-state index contributed by atoms with van der Waals surface area (Å²) in [5.74, 6) is 0.424. The molecule has 0 spiro atoms. The maximum Gasteiger partial charge on any atom is 0.362 e. The van der Waals surface area contributed by atoms with Crippen molar-refractivity contribution in [3.63, 3.8) is 0 Å². The molecule has 2 aromatic heterocycles. The van der Waals surface area contributed by atoms with Gasteiger partial charge in [0.25, 0.3) is 0 Å². The van der Waals surface area contributed by atoms with E-state index in [-0.39, 0.29) is 24.4 Å². The minimum atomic E-state index is -0.0773. The summed E-state index contributed by atoms with van der Waals surface area (Å²) in [5, 5.41) is 7.36. The van der Waals surface area contributed by atoms with E-state index < -0.39 is 0 Å². The number of piperidine rings is 1. The maximum absolute atomic E-state index is 13.3. The number of aromatic nitrogens is 2. The molecule has 5 rings (SSSR count). The molecule has 2 aliphatic rings. The van der Waals surface area contributed by atoms with Gasteiger partial charge >= 0.3 is 6.03 Å². The number of carbonyl (C=O) groups is 2. The van der Waals surface area contributed by atoms with Crippen LogP contribution >= 0.6 is 0 Å². The van der Waals surface area contributed by atoms with Gasteiger partial charge in [-0.1, -0.05) is 11.6 Å². The predicted octanol–water partition coefficient (Wildman–Crippen LogP) is 1.41. The molecule has 3 aromatic rings. The van der Waals surface area contributed by atoms with Crippen LogP contribution in [0.2, 0.25) is 0 Å². The lowest BCUT2D eigenvalue weighted by atomic mass is 10.0. The van der Waals surface area contributed by atoms with Crippen LogP contribution in [-0.2, 0) is 17.8 Å². The summed E-state index contributed by atoms with van der Waals surface area (Å²) < 4.78 is 5.23. The number of urea groups is 1. The molecule has 1 aromatic carbocycles. The van der Waals surface area contributed by atoms with Crippen LogP contribution in [0.3, 0.4) is 0 Å². The minimum Gasteiger partial charge on any atom is -0.448 e. The Bertz CT molecular complexity index is 1120. The third-order valence-corrected chi connectivity index (χ3v) is 6.65. The first kappa shape index (κ1) is 21.5. The van der Waals surface area contributed by atoms with Crippen molar-refractivity contribution < 1.29 is 19.0 Å². The monoisotopic (exact) mass is 451 g/mol. The zero-order valence-electron chi connectivity index (χ0n) is 19.0. The van der Waals surface area contributed by atoms with Crippen molar-refractivity contribution in [3.05, 3.63) is 53.9 Å². The summed E-state index contributed by atoms with van der Waals surface area (Å²) in [5.41, 5.74) is 3.26. The number of benzene rings is 1.